The molecule has 2 aromatic rings. The highest BCUT2D eigenvalue weighted by atomic mass is 32.2. The van der Waals surface area contributed by atoms with Crippen LogP contribution in [0.15, 0.2) is 71.7 Å². The van der Waals surface area contributed by atoms with Crippen LogP contribution in [-0.4, -0.2) is 30.9 Å². The van der Waals surface area contributed by atoms with Gasteiger partial charge >= 0.3 is 11.9 Å². The van der Waals surface area contributed by atoms with Crippen LogP contribution < -0.4 is 0 Å². The van der Waals surface area contributed by atoms with Gasteiger partial charge in [-0.1, -0.05) is 48.5 Å². The minimum absolute atomic E-state index is 0.323. The third-order valence-electron chi connectivity index (χ3n) is 3.96. The Hall–Kier alpha value is -2.79. The smallest absolute Gasteiger partial charge is 0.333 e. The molecule has 152 valence electrons. The first kappa shape index (κ1) is 22.5. The number of rotatable bonds is 10. The summed E-state index contributed by atoms with van der Waals surface area (Å²) in [6, 6.07) is 16.0. The second-order valence-electron chi connectivity index (χ2n) is 6.57. The number of hydrogen-bond acceptors (Lipinski definition) is 5. The van der Waals surface area contributed by atoms with Gasteiger partial charge in [-0.05, 0) is 43.2 Å². The van der Waals surface area contributed by atoms with Crippen molar-refractivity contribution in [1.29, 1.82) is 0 Å². The summed E-state index contributed by atoms with van der Waals surface area (Å²) in [5, 5.41) is 0. The number of carbonyl (C=O) groups excluding carboxylic acids is 2. The van der Waals surface area contributed by atoms with Gasteiger partial charge in [-0.3, -0.25) is 0 Å². The van der Waals surface area contributed by atoms with Crippen molar-refractivity contribution in [2.24, 2.45) is 0 Å². The van der Waals surface area contributed by atoms with Crippen molar-refractivity contribution in [3.63, 3.8) is 0 Å². The second-order valence-corrected chi connectivity index (χ2v) is 7.74. The first-order chi connectivity index (χ1) is 13.9. The molecular weight excluding hydrogens is 384 g/mol. The molecule has 0 unspecified atom stereocenters. The zero-order valence-corrected chi connectivity index (χ0v) is 17.7. The minimum atomic E-state index is -0.372. The van der Waals surface area contributed by atoms with Crippen molar-refractivity contribution in [3.05, 3.63) is 83.4 Å². The molecule has 0 saturated carbocycles. The monoisotopic (exact) mass is 410 g/mol. The van der Waals surface area contributed by atoms with E-state index in [-0.39, 0.29) is 11.9 Å². The van der Waals surface area contributed by atoms with Crippen molar-refractivity contribution in [1.82, 2.24) is 0 Å². The number of aryl methyl sites for hydroxylation is 1. The van der Waals surface area contributed by atoms with Gasteiger partial charge in [0.2, 0.25) is 0 Å². The van der Waals surface area contributed by atoms with Gasteiger partial charge in [0.25, 0.3) is 0 Å². The van der Waals surface area contributed by atoms with Gasteiger partial charge in [0, 0.05) is 28.7 Å². The number of benzene rings is 2. The number of thioether (sulfide) groups is 1. The van der Waals surface area contributed by atoms with Crippen LogP contribution in [0.1, 0.15) is 23.6 Å². The van der Waals surface area contributed by atoms with Crippen molar-refractivity contribution in [2.75, 3.05) is 19.0 Å². The number of esters is 2. The van der Waals surface area contributed by atoms with Crippen LogP contribution in [0.5, 0.6) is 0 Å². The van der Waals surface area contributed by atoms with E-state index in [1.807, 2.05) is 55.5 Å². The Kier molecular flexibility index (Phi) is 9.25. The molecule has 0 amide bonds. The summed E-state index contributed by atoms with van der Waals surface area (Å²) in [6.07, 6.45) is 3.87. The predicted octanol–water partition coefficient (Wildman–Crippen LogP) is 5.01. The van der Waals surface area contributed by atoms with Crippen LogP contribution >= 0.6 is 11.8 Å². The fourth-order valence-corrected chi connectivity index (χ4v) is 3.16. The molecule has 0 atom stereocenters. The summed E-state index contributed by atoms with van der Waals surface area (Å²) in [7, 11) is 0. The lowest BCUT2D eigenvalue weighted by atomic mass is 10.1. The predicted molar refractivity (Wildman–Crippen MR) is 118 cm³/mol. The van der Waals surface area contributed by atoms with Gasteiger partial charge in [0.15, 0.2) is 0 Å². The summed E-state index contributed by atoms with van der Waals surface area (Å²) in [6.45, 7) is 7.89. The Bertz CT molecular complexity index is 869. The van der Waals surface area contributed by atoms with E-state index >= 15 is 0 Å². The number of hydrogen-bond donors (Lipinski definition) is 0. The van der Waals surface area contributed by atoms with E-state index in [0.717, 1.165) is 16.0 Å². The largest absolute Gasteiger partial charge is 0.462 e. The molecule has 0 radical (unpaired) electrons. The van der Waals surface area contributed by atoms with Crippen LogP contribution in [0.25, 0.3) is 6.08 Å². The molecule has 2 rings (SSSR count). The second kappa shape index (κ2) is 11.9. The van der Waals surface area contributed by atoms with E-state index in [9.17, 15) is 9.59 Å². The Morgan fingerprint density at radius 3 is 2.55 bits per heavy atom. The summed E-state index contributed by atoms with van der Waals surface area (Å²) in [4.78, 5) is 24.3. The van der Waals surface area contributed by atoms with Crippen molar-refractivity contribution < 1.29 is 19.1 Å². The molecule has 29 heavy (non-hydrogen) atoms. The van der Waals surface area contributed by atoms with Gasteiger partial charge in [-0.25, -0.2) is 9.59 Å². The van der Waals surface area contributed by atoms with E-state index in [1.54, 1.807) is 24.8 Å². The van der Waals surface area contributed by atoms with Gasteiger partial charge < -0.3 is 9.47 Å². The lowest BCUT2D eigenvalue weighted by Crippen LogP contribution is -2.07. The first-order valence-corrected chi connectivity index (χ1v) is 10.4. The van der Waals surface area contributed by atoms with E-state index in [4.69, 9.17) is 9.47 Å². The molecule has 0 N–H and O–H groups in total. The van der Waals surface area contributed by atoms with Crippen LogP contribution in [0, 0.1) is 6.92 Å². The van der Waals surface area contributed by atoms with Gasteiger partial charge in [-0.15, -0.1) is 11.8 Å². The zero-order valence-electron chi connectivity index (χ0n) is 16.9. The highest BCUT2D eigenvalue weighted by Gasteiger charge is 2.03. The molecule has 0 heterocycles. The SMILES string of the molecule is C=C(C)C(=O)OCCSc1cccc(/C=C/C(=O)OCCc2ccc(C)cc2)c1. The van der Waals surface area contributed by atoms with Crippen LogP contribution in [0.4, 0.5) is 0 Å². The average molecular weight is 411 g/mol. The van der Waals surface area contributed by atoms with Crippen LogP contribution in [-0.2, 0) is 25.5 Å². The lowest BCUT2D eigenvalue weighted by Gasteiger charge is -2.05. The van der Waals surface area contributed by atoms with Gasteiger partial charge in [-0.2, -0.15) is 0 Å². The van der Waals surface area contributed by atoms with E-state index in [1.165, 1.54) is 11.6 Å². The quantitative estimate of drug-likeness (QED) is 0.239. The van der Waals surface area contributed by atoms with Crippen molar-refractivity contribution in [3.8, 4) is 0 Å². The average Bonchev–Trinajstić information content (AvgIpc) is 2.71. The minimum Gasteiger partial charge on any atom is -0.462 e. The molecule has 0 saturated heterocycles. The van der Waals surface area contributed by atoms with Crippen LogP contribution in [0.3, 0.4) is 0 Å². The van der Waals surface area contributed by atoms with Crippen molar-refractivity contribution >= 4 is 29.8 Å². The van der Waals surface area contributed by atoms with Crippen molar-refractivity contribution in [2.45, 2.75) is 25.2 Å². The highest BCUT2D eigenvalue weighted by Crippen LogP contribution is 2.19. The molecule has 5 heteroatoms. The molecular formula is C24H26O4S. The number of carbonyl (C=O) groups is 2. The summed E-state index contributed by atoms with van der Waals surface area (Å²) in [5.41, 5.74) is 3.66. The molecule has 0 aliphatic rings. The fraction of sp³-hybridized carbons (Fsp3) is 0.250. The first-order valence-electron chi connectivity index (χ1n) is 9.40. The van der Waals surface area contributed by atoms with Gasteiger partial charge in [0.1, 0.15) is 6.61 Å². The maximum absolute atomic E-state index is 11.9. The zero-order chi connectivity index (χ0) is 21.1. The standard InChI is InChI=1S/C24H26O4S/c1-18(2)24(26)28-15-16-29-22-6-4-5-21(17-22)11-12-23(25)27-14-13-20-9-7-19(3)8-10-20/h4-12,17H,1,13-16H2,2-3H3/b12-11+. The maximum atomic E-state index is 11.9. The molecule has 0 aliphatic heterocycles. The molecule has 0 spiro atoms. The van der Waals surface area contributed by atoms with E-state index in [2.05, 4.69) is 6.58 Å². The molecule has 2 aromatic carbocycles. The van der Waals surface area contributed by atoms with E-state index < -0.39 is 0 Å². The normalized spacial score (nSPS) is 10.7. The van der Waals surface area contributed by atoms with E-state index in [0.29, 0.717) is 31.0 Å². The Morgan fingerprint density at radius 2 is 1.83 bits per heavy atom. The summed E-state index contributed by atoms with van der Waals surface area (Å²) >= 11 is 1.58. The Labute approximate surface area is 176 Å². The third kappa shape index (κ3) is 8.83. The number of ether oxygens (including phenoxy) is 2. The van der Waals surface area contributed by atoms with Gasteiger partial charge in [0.05, 0.1) is 6.61 Å². The molecule has 4 nitrogen and oxygen atoms in total. The third-order valence-corrected chi connectivity index (χ3v) is 4.92. The summed E-state index contributed by atoms with van der Waals surface area (Å²) < 4.78 is 10.3. The maximum Gasteiger partial charge on any atom is 0.333 e. The molecule has 0 aromatic heterocycles. The Balaban J connectivity index is 1.74. The Morgan fingerprint density at radius 1 is 1.07 bits per heavy atom. The molecule has 0 aliphatic carbocycles. The highest BCUT2D eigenvalue weighted by molar-refractivity contribution is 7.99. The molecule has 0 fully saturated rings. The lowest BCUT2D eigenvalue weighted by molar-refractivity contribution is -0.138. The van der Waals surface area contributed by atoms with Crippen LogP contribution in [0.2, 0.25) is 0 Å². The topological polar surface area (TPSA) is 52.6 Å². The summed E-state index contributed by atoms with van der Waals surface area (Å²) in [5.74, 6) is -0.0854. The fourth-order valence-electron chi connectivity index (χ4n) is 2.36. The molecule has 0 bridgehead atoms.